The van der Waals surface area contributed by atoms with Crippen molar-refractivity contribution < 1.29 is 13.2 Å². The first-order chi connectivity index (χ1) is 11.9. The first kappa shape index (κ1) is 16.0. The van der Waals surface area contributed by atoms with Crippen LogP contribution in [0.25, 0.3) is 0 Å². The molecule has 0 saturated carbocycles. The Bertz CT molecular complexity index is 924. The van der Waals surface area contributed by atoms with Crippen molar-refractivity contribution in [3.63, 3.8) is 0 Å². The molecule has 1 aromatic carbocycles. The number of alkyl halides is 3. The van der Waals surface area contributed by atoms with Crippen LogP contribution in [0.2, 0.25) is 5.02 Å². The fourth-order valence-corrected chi connectivity index (χ4v) is 3.54. The zero-order valence-electron chi connectivity index (χ0n) is 12.7. The smallest absolute Gasteiger partial charge is 0.340 e. The summed E-state index contributed by atoms with van der Waals surface area (Å²) in [5.41, 5.74) is -1.43. The summed E-state index contributed by atoms with van der Waals surface area (Å²) in [5, 5.41) is 9.63. The number of hydrogen-bond acceptors (Lipinski definition) is 3. The second-order valence-electron chi connectivity index (χ2n) is 5.88. The van der Waals surface area contributed by atoms with Crippen molar-refractivity contribution in [1.29, 1.82) is 0 Å². The van der Waals surface area contributed by atoms with E-state index in [0.29, 0.717) is 11.4 Å². The summed E-state index contributed by atoms with van der Waals surface area (Å²) in [4.78, 5) is 4.11. The third-order valence-electron chi connectivity index (χ3n) is 4.46. The molecule has 0 spiro atoms. The van der Waals surface area contributed by atoms with Crippen LogP contribution in [0.1, 0.15) is 16.8 Å². The Balaban J connectivity index is 2.06. The number of benzene rings is 1. The van der Waals surface area contributed by atoms with Crippen molar-refractivity contribution in [3.05, 3.63) is 70.6 Å². The van der Waals surface area contributed by atoms with Crippen molar-refractivity contribution in [3.8, 4) is 0 Å². The minimum Gasteiger partial charge on any atom is -0.340 e. The summed E-state index contributed by atoms with van der Waals surface area (Å²) in [5.74, 6) is 0.189. The van der Waals surface area contributed by atoms with Gasteiger partial charge in [0.1, 0.15) is 11.2 Å². The third kappa shape index (κ3) is 2.38. The van der Waals surface area contributed by atoms with Crippen LogP contribution in [0.3, 0.4) is 0 Å². The quantitative estimate of drug-likeness (QED) is 0.698. The van der Waals surface area contributed by atoms with E-state index in [0.717, 1.165) is 0 Å². The van der Waals surface area contributed by atoms with Crippen molar-refractivity contribution in [2.24, 2.45) is 0 Å². The Kier molecular flexibility index (Phi) is 3.50. The van der Waals surface area contributed by atoms with Gasteiger partial charge in [-0.1, -0.05) is 17.7 Å². The lowest BCUT2D eigenvalue weighted by Gasteiger charge is -2.41. The van der Waals surface area contributed by atoms with Gasteiger partial charge < -0.3 is 5.32 Å². The summed E-state index contributed by atoms with van der Waals surface area (Å²) in [7, 11) is 0. The fraction of sp³-hybridized carbons (Fsp3) is 0.176. The first-order valence-corrected chi connectivity index (χ1v) is 7.87. The van der Waals surface area contributed by atoms with Crippen LogP contribution in [0.15, 0.2) is 48.8 Å². The highest BCUT2D eigenvalue weighted by Gasteiger charge is 2.60. The van der Waals surface area contributed by atoms with Crippen LogP contribution in [0.5, 0.6) is 0 Å². The molecule has 2 N–H and O–H groups in total. The van der Waals surface area contributed by atoms with Gasteiger partial charge in [0.2, 0.25) is 0 Å². The van der Waals surface area contributed by atoms with Gasteiger partial charge in [0.05, 0.1) is 0 Å². The molecule has 8 heteroatoms. The SMILES string of the molecule is FC(F)(F)C1(Cc2ccn[nH]2)c2cc(Cl)ccc2Nc2ncccc21. The van der Waals surface area contributed by atoms with Crippen LogP contribution in [0.4, 0.5) is 24.7 Å². The average molecular weight is 365 g/mol. The molecule has 4 nitrogen and oxygen atoms in total. The Morgan fingerprint density at radius 3 is 2.64 bits per heavy atom. The normalized spacial score (nSPS) is 19.0. The van der Waals surface area contributed by atoms with E-state index in [1.165, 1.54) is 36.7 Å². The molecule has 0 radical (unpaired) electrons. The van der Waals surface area contributed by atoms with Gasteiger partial charge in [0, 0.05) is 40.8 Å². The minimum absolute atomic E-state index is 0.0619. The zero-order valence-corrected chi connectivity index (χ0v) is 13.5. The molecular formula is C17H12ClF3N4. The molecule has 2 aromatic heterocycles. The summed E-state index contributed by atoms with van der Waals surface area (Å²) in [6.45, 7) is 0. The molecule has 0 fully saturated rings. The molecule has 0 amide bonds. The van der Waals surface area contributed by atoms with Crippen molar-refractivity contribution >= 4 is 23.1 Å². The topological polar surface area (TPSA) is 53.6 Å². The van der Waals surface area contributed by atoms with E-state index in [4.69, 9.17) is 11.6 Å². The standard InChI is InChI=1S/C17H12ClF3N4/c18-10-3-4-14-13(8-10)16(17(19,20)21,9-11-5-7-23-25-11)12-2-1-6-22-15(12)24-14/h1-8H,9H2,(H,22,24)(H,23,25). The first-order valence-electron chi connectivity index (χ1n) is 7.49. The maximum Gasteiger partial charge on any atom is 0.402 e. The summed E-state index contributed by atoms with van der Waals surface area (Å²) in [6, 6.07) is 8.95. The number of nitrogens with zero attached hydrogens (tertiary/aromatic N) is 2. The highest BCUT2D eigenvalue weighted by molar-refractivity contribution is 6.30. The Hall–Kier alpha value is -2.54. The second kappa shape index (κ2) is 5.49. The summed E-state index contributed by atoms with van der Waals surface area (Å²) < 4.78 is 43.6. The van der Waals surface area contributed by atoms with Crippen molar-refractivity contribution in [1.82, 2.24) is 15.2 Å². The Morgan fingerprint density at radius 2 is 1.92 bits per heavy atom. The van der Waals surface area contributed by atoms with Gasteiger partial charge in [0.25, 0.3) is 0 Å². The highest BCUT2D eigenvalue weighted by Crippen LogP contribution is 2.55. The third-order valence-corrected chi connectivity index (χ3v) is 4.70. The molecule has 1 aliphatic rings. The van der Waals surface area contributed by atoms with E-state index >= 15 is 0 Å². The number of anilines is 2. The van der Waals surface area contributed by atoms with Crippen molar-refractivity contribution in [2.75, 3.05) is 5.32 Å². The number of aromatic amines is 1. The second-order valence-corrected chi connectivity index (χ2v) is 6.31. The van der Waals surface area contributed by atoms with Crippen LogP contribution < -0.4 is 5.32 Å². The summed E-state index contributed by atoms with van der Waals surface area (Å²) in [6.07, 6.45) is -2.00. The largest absolute Gasteiger partial charge is 0.402 e. The Morgan fingerprint density at radius 1 is 1.08 bits per heavy atom. The molecule has 25 heavy (non-hydrogen) atoms. The Labute approximate surface area is 146 Å². The van der Waals surface area contributed by atoms with Gasteiger partial charge in [-0.2, -0.15) is 18.3 Å². The van der Waals surface area contributed by atoms with Gasteiger partial charge in [0.15, 0.2) is 0 Å². The maximum atomic E-state index is 14.5. The molecule has 1 atom stereocenters. The van der Waals surface area contributed by atoms with E-state index in [9.17, 15) is 13.2 Å². The molecule has 128 valence electrons. The summed E-state index contributed by atoms with van der Waals surface area (Å²) >= 11 is 6.03. The maximum absolute atomic E-state index is 14.5. The van der Waals surface area contributed by atoms with E-state index in [1.807, 2.05) is 0 Å². The predicted molar refractivity (Wildman–Crippen MR) is 88.1 cm³/mol. The van der Waals surface area contributed by atoms with E-state index in [1.54, 1.807) is 12.1 Å². The van der Waals surface area contributed by atoms with Gasteiger partial charge in [-0.15, -0.1) is 0 Å². The van der Waals surface area contributed by atoms with Gasteiger partial charge in [-0.05, 0) is 35.9 Å². The lowest BCUT2D eigenvalue weighted by atomic mass is 9.68. The molecule has 0 bridgehead atoms. The van der Waals surface area contributed by atoms with E-state index in [-0.39, 0.29) is 28.4 Å². The van der Waals surface area contributed by atoms with E-state index in [2.05, 4.69) is 20.5 Å². The number of aromatic nitrogens is 3. The molecule has 3 heterocycles. The lowest BCUT2D eigenvalue weighted by Crippen LogP contribution is -2.48. The van der Waals surface area contributed by atoms with Gasteiger partial charge in [-0.25, -0.2) is 4.98 Å². The van der Waals surface area contributed by atoms with Crippen LogP contribution in [-0.4, -0.2) is 21.4 Å². The number of nitrogens with one attached hydrogen (secondary N) is 2. The lowest BCUT2D eigenvalue weighted by molar-refractivity contribution is -0.178. The minimum atomic E-state index is -4.57. The predicted octanol–water partition coefficient (Wildman–Crippen LogP) is 4.61. The molecule has 3 aromatic rings. The monoisotopic (exact) mass is 364 g/mol. The van der Waals surface area contributed by atoms with Crippen LogP contribution in [-0.2, 0) is 11.8 Å². The number of halogens is 4. The average Bonchev–Trinajstić information content (AvgIpc) is 3.07. The van der Waals surface area contributed by atoms with Crippen LogP contribution in [0, 0.1) is 0 Å². The number of hydrogen-bond donors (Lipinski definition) is 2. The highest BCUT2D eigenvalue weighted by atomic mass is 35.5. The fourth-order valence-electron chi connectivity index (χ4n) is 3.37. The molecule has 0 saturated heterocycles. The number of pyridine rings is 1. The molecule has 0 aliphatic carbocycles. The molecule has 1 unspecified atom stereocenters. The van der Waals surface area contributed by atoms with Gasteiger partial charge in [-0.3, -0.25) is 5.10 Å². The molecular weight excluding hydrogens is 353 g/mol. The van der Waals surface area contributed by atoms with Crippen molar-refractivity contribution in [2.45, 2.75) is 18.0 Å². The number of H-pyrrole nitrogens is 1. The number of rotatable bonds is 2. The van der Waals surface area contributed by atoms with Crippen LogP contribution >= 0.6 is 11.6 Å². The van der Waals surface area contributed by atoms with E-state index < -0.39 is 11.6 Å². The van der Waals surface area contributed by atoms with Gasteiger partial charge >= 0.3 is 6.18 Å². The molecule has 1 aliphatic heterocycles. The molecule has 4 rings (SSSR count). The number of fused-ring (bicyclic) bond motifs is 2. The zero-order chi connectivity index (χ0) is 17.7.